The molecule has 1 aromatic rings. The van der Waals surface area contributed by atoms with Gasteiger partial charge in [0.25, 0.3) is 0 Å². The first-order valence-electron chi connectivity index (χ1n) is 11.4. The van der Waals surface area contributed by atoms with Crippen molar-refractivity contribution in [3.63, 3.8) is 0 Å². The molecule has 2 aliphatic rings. The van der Waals surface area contributed by atoms with Gasteiger partial charge in [0.1, 0.15) is 12.1 Å². The molecule has 1 heterocycles. The van der Waals surface area contributed by atoms with Crippen LogP contribution in [0.2, 0.25) is 0 Å². The smallest absolute Gasteiger partial charge is 0.326 e. The number of hydrogen-bond acceptors (Lipinski definition) is 5. The molecule has 1 aliphatic carbocycles. The van der Waals surface area contributed by atoms with E-state index in [0.717, 1.165) is 31.2 Å². The van der Waals surface area contributed by atoms with Crippen LogP contribution in [0.1, 0.15) is 51.5 Å². The molecule has 0 aromatic heterocycles. The van der Waals surface area contributed by atoms with Gasteiger partial charge in [0.05, 0.1) is 12.6 Å². The summed E-state index contributed by atoms with van der Waals surface area (Å²) in [6, 6.07) is 7.77. The molecule has 7 nitrogen and oxygen atoms in total. The number of ether oxygens (including phenoxy) is 1. The monoisotopic (exact) mass is 466 g/mol. The molecule has 1 amide bonds. The van der Waals surface area contributed by atoms with Crippen molar-refractivity contribution in [1.82, 2.24) is 10.2 Å². The maximum atomic E-state index is 13.2. The lowest BCUT2D eigenvalue weighted by Crippen LogP contribution is -2.54. The Morgan fingerprint density at radius 1 is 1.19 bits per heavy atom. The number of nitrogens with one attached hydrogen (secondary N) is 1. The average Bonchev–Trinajstić information content (AvgIpc) is 3.16. The van der Waals surface area contributed by atoms with E-state index in [2.05, 4.69) is 5.32 Å². The maximum absolute atomic E-state index is 13.2. The van der Waals surface area contributed by atoms with Crippen molar-refractivity contribution >= 4 is 30.3 Å². The Balaban J connectivity index is 0.00000363. The van der Waals surface area contributed by atoms with E-state index in [-0.39, 0.29) is 42.7 Å². The van der Waals surface area contributed by atoms with Crippen molar-refractivity contribution in [2.45, 2.75) is 70.5 Å². The van der Waals surface area contributed by atoms with Crippen molar-refractivity contribution in [1.29, 1.82) is 0 Å². The van der Waals surface area contributed by atoms with E-state index < -0.39 is 24.1 Å². The highest BCUT2D eigenvalue weighted by Gasteiger charge is 2.49. The number of fused-ring (bicyclic) bond motifs is 1. The Bertz CT molecular complexity index is 775. The van der Waals surface area contributed by atoms with Crippen molar-refractivity contribution < 1.29 is 24.2 Å². The van der Waals surface area contributed by atoms with Crippen LogP contribution in [0.5, 0.6) is 0 Å². The highest BCUT2D eigenvalue weighted by Crippen LogP contribution is 2.40. The van der Waals surface area contributed by atoms with Gasteiger partial charge in [-0.15, -0.1) is 12.4 Å². The summed E-state index contributed by atoms with van der Waals surface area (Å²) in [6.45, 7) is 4.21. The summed E-state index contributed by atoms with van der Waals surface area (Å²) in [5.41, 5.74) is 1.10. The first-order chi connectivity index (χ1) is 14.9. The number of likely N-dealkylation sites (tertiary alicyclic amines) is 1. The van der Waals surface area contributed by atoms with Gasteiger partial charge in [0, 0.05) is 6.54 Å². The number of halogens is 1. The van der Waals surface area contributed by atoms with Crippen LogP contribution in [0.4, 0.5) is 0 Å². The van der Waals surface area contributed by atoms with Gasteiger partial charge in [-0.05, 0) is 56.9 Å². The quantitative estimate of drug-likeness (QED) is 0.543. The van der Waals surface area contributed by atoms with Gasteiger partial charge in [-0.3, -0.25) is 14.9 Å². The summed E-state index contributed by atoms with van der Waals surface area (Å²) < 4.78 is 5.21. The van der Waals surface area contributed by atoms with E-state index in [9.17, 15) is 19.5 Å². The minimum absolute atomic E-state index is 0. The van der Waals surface area contributed by atoms with Crippen LogP contribution < -0.4 is 5.32 Å². The number of aryl methyl sites for hydroxylation is 1. The predicted molar refractivity (Wildman–Crippen MR) is 124 cm³/mol. The first-order valence-corrected chi connectivity index (χ1v) is 11.4. The van der Waals surface area contributed by atoms with E-state index in [4.69, 9.17) is 4.74 Å². The molecule has 0 bridgehead atoms. The van der Waals surface area contributed by atoms with E-state index in [0.29, 0.717) is 19.4 Å². The van der Waals surface area contributed by atoms with Gasteiger partial charge in [-0.1, -0.05) is 43.2 Å². The lowest BCUT2D eigenvalue weighted by atomic mass is 9.78. The van der Waals surface area contributed by atoms with Gasteiger partial charge in [-0.2, -0.15) is 0 Å². The lowest BCUT2D eigenvalue weighted by Gasteiger charge is -2.29. The van der Waals surface area contributed by atoms with E-state index in [1.807, 2.05) is 30.3 Å². The molecule has 1 saturated heterocycles. The largest absolute Gasteiger partial charge is 0.480 e. The molecule has 1 saturated carbocycles. The third-order valence-corrected chi connectivity index (χ3v) is 6.63. The number of nitrogens with zero attached hydrogens (tertiary/aromatic N) is 1. The number of carbonyl (C=O) groups is 3. The summed E-state index contributed by atoms with van der Waals surface area (Å²) in [5, 5.41) is 12.9. The second-order valence-corrected chi connectivity index (χ2v) is 8.70. The minimum Gasteiger partial charge on any atom is -0.480 e. The lowest BCUT2D eigenvalue weighted by molar-refractivity contribution is -0.151. The SMILES string of the molecule is CCOC(=O)C(CCc1ccccc1)NC(C)C(=O)N1CC2CCCCC2C1C(=O)O.Cl. The van der Waals surface area contributed by atoms with Crippen LogP contribution in [0, 0.1) is 11.8 Å². The number of carboxylic acids is 1. The Hall–Kier alpha value is -2.12. The molecule has 3 rings (SSSR count). The van der Waals surface area contributed by atoms with E-state index in [1.165, 1.54) is 4.90 Å². The minimum atomic E-state index is -0.930. The standard InChI is InChI=1S/C24H34N2O5.ClH/c1-3-31-24(30)20(14-13-17-9-5-4-6-10-17)25-16(2)22(27)26-15-18-11-7-8-12-19(18)21(26)23(28)29;/h4-6,9-10,16,18-21,25H,3,7-8,11-15H2,1-2H3,(H,28,29);1H. The van der Waals surface area contributed by atoms with Crippen LogP contribution in [-0.4, -0.2) is 59.1 Å². The molecule has 5 atom stereocenters. The molecule has 5 unspecified atom stereocenters. The van der Waals surface area contributed by atoms with Crippen molar-refractivity contribution in [3.8, 4) is 0 Å². The number of aliphatic carboxylic acids is 1. The number of hydrogen-bond donors (Lipinski definition) is 2. The number of carboxylic acid groups (broad SMARTS) is 1. The molecule has 32 heavy (non-hydrogen) atoms. The molecule has 178 valence electrons. The van der Waals surface area contributed by atoms with Crippen LogP contribution in [0.25, 0.3) is 0 Å². The first kappa shape index (κ1) is 26.1. The fourth-order valence-corrected chi connectivity index (χ4v) is 5.11. The molecular formula is C24H35ClN2O5. The number of carbonyl (C=O) groups excluding carboxylic acids is 2. The van der Waals surface area contributed by atoms with Gasteiger partial charge in [0.15, 0.2) is 0 Å². The third-order valence-electron chi connectivity index (χ3n) is 6.63. The van der Waals surface area contributed by atoms with Gasteiger partial charge in [0.2, 0.25) is 5.91 Å². The van der Waals surface area contributed by atoms with Gasteiger partial charge < -0.3 is 14.7 Å². The number of benzene rings is 1. The average molecular weight is 467 g/mol. The van der Waals surface area contributed by atoms with Crippen molar-refractivity contribution in [2.75, 3.05) is 13.2 Å². The van der Waals surface area contributed by atoms with Crippen LogP contribution in [-0.2, 0) is 25.5 Å². The Labute approximate surface area is 196 Å². The highest BCUT2D eigenvalue weighted by atomic mass is 35.5. The van der Waals surface area contributed by atoms with Crippen molar-refractivity contribution in [3.05, 3.63) is 35.9 Å². The molecule has 1 aromatic carbocycles. The molecule has 2 N–H and O–H groups in total. The van der Waals surface area contributed by atoms with Gasteiger partial charge >= 0.3 is 11.9 Å². The van der Waals surface area contributed by atoms with Crippen LogP contribution in [0.3, 0.4) is 0 Å². The zero-order valence-corrected chi connectivity index (χ0v) is 19.7. The van der Waals surface area contributed by atoms with Crippen LogP contribution >= 0.6 is 12.4 Å². The van der Waals surface area contributed by atoms with Crippen molar-refractivity contribution in [2.24, 2.45) is 11.8 Å². The summed E-state index contributed by atoms with van der Waals surface area (Å²) in [4.78, 5) is 39.3. The zero-order valence-electron chi connectivity index (χ0n) is 18.9. The Morgan fingerprint density at radius 3 is 2.53 bits per heavy atom. The molecule has 0 radical (unpaired) electrons. The maximum Gasteiger partial charge on any atom is 0.326 e. The fourth-order valence-electron chi connectivity index (χ4n) is 5.11. The summed E-state index contributed by atoms with van der Waals surface area (Å²) in [6.07, 6.45) is 5.11. The molecular weight excluding hydrogens is 432 g/mol. The third kappa shape index (κ3) is 6.23. The highest BCUT2D eigenvalue weighted by molar-refractivity contribution is 5.88. The number of amides is 1. The molecule has 8 heteroatoms. The van der Waals surface area contributed by atoms with Crippen LogP contribution in [0.15, 0.2) is 30.3 Å². The summed E-state index contributed by atoms with van der Waals surface area (Å²) >= 11 is 0. The van der Waals surface area contributed by atoms with E-state index >= 15 is 0 Å². The molecule has 0 spiro atoms. The van der Waals surface area contributed by atoms with E-state index in [1.54, 1.807) is 13.8 Å². The van der Waals surface area contributed by atoms with Gasteiger partial charge in [-0.25, -0.2) is 4.79 Å². The second-order valence-electron chi connectivity index (χ2n) is 8.70. The second kappa shape index (κ2) is 12.2. The molecule has 1 aliphatic heterocycles. The fraction of sp³-hybridized carbons (Fsp3) is 0.625. The predicted octanol–water partition coefficient (Wildman–Crippen LogP) is 3.05. The topological polar surface area (TPSA) is 95.9 Å². The number of esters is 1. The Morgan fingerprint density at radius 2 is 1.88 bits per heavy atom. The summed E-state index contributed by atoms with van der Waals surface area (Å²) in [5.74, 6) is -1.29. The summed E-state index contributed by atoms with van der Waals surface area (Å²) in [7, 11) is 0. The number of rotatable bonds is 9. The Kier molecular flexibility index (Phi) is 9.97. The normalized spacial score (nSPS) is 24.1. The zero-order chi connectivity index (χ0) is 22.4. The molecule has 2 fully saturated rings.